The van der Waals surface area contributed by atoms with Gasteiger partial charge in [0.25, 0.3) is 5.91 Å². The van der Waals surface area contributed by atoms with E-state index >= 15 is 0 Å². The van der Waals surface area contributed by atoms with E-state index in [9.17, 15) is 4.79 Å². The van der Waals surface area contributed by atoms with Crippen molar-refractivity contribution in [1.82, 2.24) is 15.6 Å². The third kappa shape index (κ3) is 5.10. The molecule has 0 unspecified atom stereocenters. The van der Waals surface area contributed by atoms with E-state index in [-0.39, 0.29) is 36.8 Å². The minimum atomic E-state index is -0.0839. The molecule has 7 heteroatoms. The minimum Gasteiger partial charge on any atom is -0.348 e. The molecule has 1 saturated heterocycles. The van der Waals surface area contributed by atoms with Crippen LogP contribution >= 0.6 is 40.7 Å². The Labute approximate surface area is 127 Å². The Kier molecular flexibility index (Phi) is 8.52. The van der Waals surface area contributed by atoms with Crippen LogP contribution in [0.1, 0.15) is 23.3 Å². The van der Waals surface area contributed by atoms with Crippen molar-refractivity contribution in [2.24, 2.45) is 0 Å². The lowest BCUT2D eigenvalue weighted by molar-refractivity contribution is 0.0924. The molecule has 2 heterocycles. The summed E-state index contributed by atoms with van der Waals surface area (Å²) in [6, 6.07) is 3.82. The molecule has 1 aliphatic rings. The van der Waals surface area contributed by atoms with Crippen molar-refractivity contribution in [2.45, 2.75) is 18.9 Å². The number of rotatable bonds is 2. The normalized spacial score (nSPS) is 15.2. The van der Waals surface area contributed by atoms with Crippen LogP contribution < -0.4 is 10.6 Å². The Balaban J connectivity index is 0.00000144. The quantitative estimate of drug-likeness (QED) is 0.853. The molecule has 0 aliphatic carbocycles. The van der Waals surface area contributed by atoms with Crippen LogP contribution in [-0.2, 0) is 0 Å². The van der Waals surface area contributed by atoms with Crippen LogP contribution in [0.25, 0.3) is 0 Å². The lowest BCUT2D eigenvalue weighted by Gasteiger charge is -2.23. The third-order valence-corrected chi connectivity index (χ3v) is 3.10. The van der Waals surface area contributed by atoms with Gasteiger partial charge in [0, 0.05) is 16.7 Å². The van der Waals surface area contributed by atoms with Crippen molar-refractivity contribution in [3.05, 3.63) is 28.5 Å². The molecule has 4 nitrogen and oxygen atoms in total. The molecule has 0 aromatic carbocycles. The first-order chi connectivity index (χ1) is 7.75. The van der Waals surface area contributed by atoms with Gasteiger partial charge in [0.15, 0.2) is 0 Å². The van der Waals surface area contributed by atoms with E-state index in [0.717, 1.165) is 30.4 Å². The summed E-state index contributed by atoms with van der Waals surface area (Å²) in [5, 5.41) is 6.26. The van der Waals surface area contributed by atoms with Gasteiger partial charge in [0.1, 0.15) is 5.69 Å². The maximum atomic E-state index is 11.8. The highest BCUT2D eigenvalue weighted by atomic mass is 79.9. The number of amides is 1. The molecule has 0 spiro atoms. The average molecular weight is 357 g/mol. The van der Waals surface area contributed by atoms with Gasteiger partial charge < -0.3 is 10.6 Å². The number of halogens is 3. The molecule has 0 radical (unpaired) electrons. The zero-order chi connectivity index (χ0) is 11.4. The van der Waals surface area contributed by atoms with Gasteiger partial charge in [-0.3, -0.25) is 4.79 Å². The van der Waals surface area contributed by atoms with E-state index < -0.39 is 0 Å². The molecule has 2 rings (SSSR count). The molecule has 2 N–H and O–H groups in total. The Morgan fingerprint density at radius 2 is 2.00 bits per heavy atom. The largest absolute Gasteiger partial charge is 0.348 e. The maximum Gasteiger partial charge on any atom is 0.270 e. The molecule has 1 aromatic heterocycles. The Morgan fingerprint density at radius 1 is 1.33 bits per heavy atom. The zero-order valence-electron chi connectivity index (χ0n) is 9.69. The lowest BCUT2D eigenvalue weighted by Crippen LogP contribution is -2.42. The van der Waals surface area contributed by atoms with Gasteiger partial charge in [0.2, 0.25) is 0 Å². The highest BCUT2D eigenvalue weighted by molar-refractivity contribution is 9.10. The van der Waals surface area contributed by atoms with Crippen molar-refractivity contribution in [3.63, 3.8) is 0 Å². The number of piperidine rings is 1. The Bertz CT molecular complexity index is 369. The van der Waals surface area contributed by atoms with Gasteiger partial charge in [-0.2, -0.15) is 0 Å². The van der Waals surface area contributed by atoms with E-state index in [0.29, 0.717) is 5.69 Å². The number of carbonyl (C=O) groups excluding carboxylic acids is 1. The molecular weight excluding hydrogens is 341 g/mol. The van der Waals surface area contributed by atoms with Crippen LogP contribution in [-0.4, -0.2) is 30.0 Å². The van der Waals surface area contributed by atoms with Gasteiger partial charge in [-0.25, -0.2) is 4.98 Å². The van der Waals surface area contributed by atoms with Crippen LogP contribution in [0.4, 0.5) is 0 Å². The molecule has 18 heavy (non-hydrogen) atoms. The van der Waals surface area contributed by atoms with Crippen molar-refractivity contribution >= 4 is 46.7 Å². The maximum absolute atomic E-state index is 11.8. The van der Waals surface area contributed by atoms with Gasteiger partial charge in [-0.15, -0.1) is 24.8 Å². The summed E-state index contributed by atoms with van der Waals surface area (Å²) in [5.74, 6) is -0.0839. The topological polar surface area (TPSA) is 54.0 Å². The zero-order valence-corrected chi connectivity index (χ0v) is 12.9. The predicted molar refractivity (Wildman–Crippen MR) is 79.8 cm³/mol. The van der Waals surface area contributed by atoms with Crippen LogP contribution in [0.2, 0.25) is 0 Å². The molecule has 1 aliphatic heterocycles. The van der Waals surface area contributed by atoms with Crippen molar-refractivity contribution in [1.29, 1.82) is 0 Å². The van der Waals surface area contributed by atoms with Crippen LogP contribution in [0.5, 0.6) is 0 Å². The highest BCUT2D eigenvalue weighted by Crippen LogP contribution is 2.08. The second-order valence-corrected chi connectivity index (χ2v) is 4.78. The first kappa shape index (κ1) is 17.6. The molecule has 102 valence electrons. The van der Waals surface area contributed by atoms with E-state index in [4.69, 9.17) is 0 Å². The lowest BCUT2D eigenvalue weighted by atomic mass is 10.1. The second kappa shape index (κ2) is 8.69. The second-order valence-electron chi connectivity index (χ2n) is 3.86. The Morgan fingerprint density at radius 3 is 2.56 bits per heavy atom. The monoisotopic (exact) mass is 355 g/mol. The van der Waals surface area contributed by atoms with E-state index in [1.54, 1.807) is 12.3 Å². The first-order valence-corrected chi connectivity index (χ1v) is 6.18. The minimum absolute atomic E-state index is 0. The fourth-order valence-corrected chi connectivity index (χ4v) is 1.97. The van der Waals surface area contributed by atoms with Crippen molar-refractivity contribution in [2.75, 3.05) is 13.1 Å². The van der Waals surface area contributed by atoms with Crippen LogP contribution in [0.15, 0.2) is 22.8 Å². The van der Waals surface area contributed by atoms with E-state index in [1.807, 2.05) is 6.07 Å². The SMILES string of the molecule is Cl.Cl.O=C(NC1CCNCC1)c1ccc(Br)cn1. The summed E-state index contributed by atoms with van der Waals surface area (Å²) < 4.78 is 0.880. The number of nitrogens with zero attached hydrogens (tertiary/aromatic N) is 1. The number of carbonyl (C=O) groups is 1. The van der Waals surface area contributed by atoms with Crippen LogP contribution in [0.3, 0.4) is 0 Å². The number of nitrogens with one attached hydrogen (secondary N) is 2. The molecule has 0 saturated carbocycles. The van der Waals surface area contributed by atoms with Gasteiger partial charge in [-0.05, 0) is 54.0 Å². The van der Waals surface area contributed by atoms with Crippen molar-refractivity contribution in [3.8, 4) is 0 Å². The fraction of sp³-hybridized carbons (Fsp3) is 0.455. The summed E-state index contributed by atoms with van der Waals surface area (Å²) >= 11 is 3.29. The number of hydrogen-bond acceptors (Lipinski definition) is 3. The third-order valence-electron chi connectivity index (χ3n) is 2.63. The summed E-state index contributed by atoms with van der Waals surface area (Å²) in [5.41, 5.74) is 0.474. The molecule has 1 aromatic rings. The highest BCUT2D eigenvalue weighted by Gasteiger charge is 2.16. The van der Waals surface area contributed by atoms with Gasteiger partial charge in [-0.1, -0.05) is 0 Å². The molecule has 0 bridgehead atoms. The molecular formula is C11H16BrCl2N3O. The average Bonchev–Trinajstić information content (AvgIpc) is 2.31. The molecule has 1 fully saturated rings. The van der Waals surface area contributed by atoms with Crippen molar-refractivity contribution < 1.29 is 4.79 Å². The molecule has 1 amide bonds. The van der Waals surface area contributed by atoms with Gasteiger partial charge >= 0.3 is 0 Å². The van der Waals surface area contributed by atoms with Gasteiger partial charge in [0.05, 0.1) is 0 Å². The summed E-state index contributed by atoms with van der Waals surface area (Å²) in [6.07, 6.45) is 3.61. The summed E-state index contributed by atoms with van der Waals surface area (Å²) in [4.78, 5) is 15.9. The summed E-state index contributed by atoms with van der Waals surface area (Å²) in [6.45, 7) is 1.94. The first-order valence-electron chi connectivity index (χ1n) is 5.39. The molecule has 0 atom stereocenters. The number of pyridine rings is 1. The smallest absolute Gasteiger partial charge is 0.270 e. The number of aromatic nitrogens is 1. The van der Waals surface area contributed by atoms with E-state index in [2.05, 4.69) is 31.5 Å². The predicted octanol–water partition coefficient (Wildman–Crippen LogP) is 2.17. The fourth-order valence-electron chi connectivity index (χ4n) is 1.74. The van der Waals surface area contributed by atoms with Crippen LogP contribution in [0, 0.1) is 0 Å². The standard InChI is InChI=1S/C11H14BrN3O.2ClH/c12-8-1-2-10(14-7-8)11(16)15-9-3-5-13-6-4-9;;/h1-2,7,9,13H,3-6H2,(H,15,16);2*1H. The Hall–Kier alpha value is -0.360. The summed E-state index contributed by atoms with van der Waals surface area (Å²) in [7, 11) is 0. The number of hydrogen-bond donors (Lipinski definition) is 2. The van der Waals surface area contributed by atoms with E-state index in [1.165, 1.54) is 0 Å².